The van der Waals surface area contributed by atoms with Crippen LogP contribution in [0.4, 0.5) is 0 Å². The van der Waals surface area contributed by atoms with Gasteiger partial charge in [0.2, 0.25) is 5.91 Å². The van der Waals surface area contributed by atoms with E-state index in [2.05, 4.69) is 18.7 Å². The number of amides is 1. The summed E-state index contributed by atoms with van der Waals surface area (Å²) in [5.74, 6) is 0.189. The van der Waals surface area contributed by atoms with E-state index < -0.39 is 6.10 Å². The highest BCUT2D eigenvalue weighted by molar-refractivity contribution is 5.78. The Morgan fingerprint density at radius 1 is 1.47 bits per heavy atom. The number of aliphatic hydroxyl groups excluding tert-OH is 1. The Bertz CT molecular complexity index is 205. The average molecular weight is 214 g/mol. The van der Waals surface area contributed by atoms with Crippen molar-refractivity contribution in [3.63, 3.8) is 0 Å². The molecule has 0 radical (unpaired) electrons. The first-order chi connectivity index (χ1) is 7.17. The fraction of sp³-hybridized carbons (Fsp3) is 0.909. The Balaban J connectivity index is 2.28. The summed E-state index contributed by atoms with van der Waals surface area (Å²) in [5.41, 5.74) is 0. The number of β-amino-alcohol motifs (C(OH)–C–C–N with tert-alkyl or cyclic N) is 1. The molecule has 1 rings (SSSR count). The van der Waals surface area contributed by atoms with Crippen LogP contribution in [0.25, 0.3) is 0 Å². The highest BCUT2D eigenvalue weighted by Crippen LogP contribution is 2.10. The molecule has 1 aliphatic heterocycles. The topological polar surface area (TPSA) is 43.8 Å². The second-order valence-electron chi connectivity index (χ2n) is 4.08. The smallest absolute Gasteiger partial charge is 0.222 e. The van der Waals surface area contributed by atoms with Crippen LogP contribution in [0.1, 0.15) is 26.7 Å². The number of rotatable bonds is 6. The molecule has 1 N–H and O–H groups in total. The van der Waals surface area contributed by atoms with Crippen LogP contribution in [0.5, 0.6) is 0 Å². The molecule has 1 amide bonds. The van der Waals surface area contributed by atoms with Crippen LogP contribution in [0, 0.1) is 0 Å². The molecule has 4 nitrogen and oxygen atoms in total. The van der Waals surface area contributed by atoms with Crippen LogP contribution in [-0.4, -0.2) is 59.6 Å². The minimum absolute atomic E-state index is 0.189. The van der Waals surface area contributed by atoms with E-state index in [1.807, 2.05) is 0 Å². The van der Waals surface area contributed by atoms with Gasteiger partial charge in [-0.05, 0) is 19.5 Å². The second kappa shape index (κ2) is 6.08. The number of aliphatic hydroxyl groups is 1. The van der Waals surface area contributed by atoms with Crippen molar-refractivity contribution >= 4 is 5.91 Å². The summed E-state index contributed by atoms with van der Waals surface area (Å²) in [6.45, 7) is 8.03. The van der Waals surface area contributed by atoms with Gasteiger partial charge in [-0.3, -0.25) is 4.79 Å². The lowest BCUT2D eigenvalue weighted by atomic mass is 10.3. The maximum atomic E-state index is 11.3. The van der Waals surface area contributed by atoms with E-state index in [4.69, 9.17) is 0 Å². The van der Waals surface area contributed by atoms with Crippen molar-refractivity contribution in [3.05, 3.63) is 0 Å². The quantitative estimate of drug-likeness (QED) is 0.692. The van der Waals surface area contributed by atoms with Crippen LogP contribution in [-0.2, 0) is 4.79 Å². The molecule has 1 fully saturated rings. The van der Waals surface area contributed by atoms with Crippen LogP contribution in [0.15, 0.2) is 0 Å². The molecule has 15 heavy (non-hydrogen) atoms. The fourth-order valence-corrected chi connectivity index (χ4v) is 1.99. The van der Waals surface area contributed by atoms with Crippen LogP contribution < -0.4 is 0 Å². The van der Waals surface area contributed by atoms with Gasteiger partial charge in [-0.2, -0.15) is 0 Å². The molecule has 0 aromatic carbocycles. The van der Waals surface area contributed by atoms with Crippen molar-refractivity contribution in [2.75, 3.05) is 32.7 Å². The summed E-state index contributed by atoms with van der Waals surface area (Å²) in [4.78, 5) is 15.3. The molecule has 0 aromatic heterocycles. The zero-order valence-corrected chi connectivity index (χ0v) is 9.78. The van der Waals surface area contributed by atoms with Gasteiger partial charge in [0.15, 0.2) is 0 Å². The summed E-state index contributed by atoms with van der Waals surface area (Å²) in [6, 6.07) is 0. The number of likely N-dealkylation sites (tertiary alicyclic amines) is 1. The molecule has 1 atom stereocenters. The largest absolute Gasteiger partial charge is 0.390 e. The van der Waals surface area contributed by atoms with E-state index in [1.54, 1.807) is 4.90 Å². The molecular formula is C11H22N2O2. The van der Waals surface area contributed by atoms with Crippen molar-refractivity contribution < 1.29 is 9.90 Å². The number of carbonyl (C=O) groups is 1. The van der Waals surface area contributed by atoms with Gasteiger partial charge in [0, 0.05) is 26.1 Å². The third-order valence-corrected chi connectivity index (χ3v) is 2.97. The van der Waals surface area contributed by atoms with Gasteiger partial charge < -0.3 is 14.9 Å². The SMILES string of the molecule is CCN(CC)CC(O)CN1CCCC1=O. The lowest BCUT2D eigenvalue weighted by Gasteiger charge is -2.25. The Morgan fingerprint density at radius 3 is 2.60 bits per heavy atom. The van der Waals surface area contributed by atoms with Crippen molar-refractivity contribution in [3.8, 4) is 0 Å². The van der Waals surface area contributed by atoms with Gasteiger partial charge in [-0.25, -0.2) is 0 Å². The third-order valence-electron chi connectivity index (χ3n) is 2.97. The van der Waals surface area contributed by atoms with Gasteiger partial charge in [0.25, 0.3) is 0 Å². The summed E-state index contributed by atoms with van der Waals surface area (Å²) in [6.07, 6.45) is 1.18. The van der Waals surface area contributed by atoms with Crippen molar-refractivity contribution in [1.82, 2.24) is 9.80 Å². The molecule has 0 bridgehead atoms. The molecule has 1 heterocycles. The number of nitrogens with zero attached hydrogens (tertiary/aromatic N) is 2. The van der Waals surface area contributed by atoms with Gasteiger partial charge in [0.1, 0.15) is 0 Å². The summed E-state index contributed by atoms with van der Waals surface area (Å²) in [7, 11) is 0. The minimum Gasteiger partial charge on any atom is -0.390 e. The Morgan fingerprint density at radius 2 is 2.13 bits per heavy atom. The first-order valence-corrected chi connectivity index (χ1v) is 5.85. The van der Waals surface area contributed by atoms with Crippen LogP contribution in [0.3, 0.4) is 0 Å². The summed E-state index contributed by atoms with van der Waals surface area (Å²) in [5, 5.41) is 9.82. The zero-order chi connectivity index (χ0) is 11.3. The third kappa shape index (κ3) is 3.80. The monoisotopic (exact) mass is 214 g/mol. The van der Waals surface area contributed by atoms with Gasteiger partial charge in [-0.1, -0.05) is 13.8 Å². The predicted octanol–water partition coefficient (Wildman–Crippen LogP) is 0.311. The van der Waals surface area contributed by atoms with E-state index in [0.29, 0.717) is 19.5 Å². The normalized spacial score (nSPS) is 18.9. The molecule has 0 saturated carbocycles. The Hall–Kier alpha value is -0.610. The van der Waals surface area contributed by atoms with E-state index >= 15 is 0 Å². The number of carbonyl (C=O) groups excluding carboxylic acids is 1. The van der Waals surface area contributed by atoms with Gasteiger partial charge in [-0.15, -0.1) is 0 Å². The van der Waals surface area contributed by atoms with Gasteiger partial charge >= 0.3 is 0 Å². The summed E-state index contributed by atoms with van der Waals surface area (Å²) >= 11 is 0. The number of likely N-dealkylation sites (N-methyl/N-ethyl adjacent to an activating group) is 1. The lowest BCUT2D eigenvalue weighted by molar-refractivity contribution is -0.129. The molecule has 4 heteroatoms. The molecule has 1 unspecified atom stereocenters. The van der Waals surface area contributed by atoms with E-state index in [9.17, 15) is 9.90 Å². The summed E-state index contributed by atoms with van der Waals surface area (Å²) < 4.78 is 0. The molecule has 88 valence electrons. The highest BCUT2D eigenvalue weighted by Gasteiger charge is 2.22. The maximum absolute atomic E-state index is 11.3. The molecule has 1 aliphatic rings. The first-order valence-electron chi connectivity index (χ1n) is 5.85. The minimum atomic E-state index is -0.410. The van der Waals surface area contributed by atoms with Crippen LogP contribution in [0.2, 0.25) is 0 Å². The lowest BCUT2D eigenvalue weighted by Crippen LogP contribution is -2.40. The molecule has 1 saturated heterocycles. The van der Waals surface area contributed by atoms with E-state index in [-0.39, 0.29) is 5.91 Å². The number of hydrogen-bond acceptors (Lipinski definition) is 3. The van der Waals surface area contributed by atoms with Crippen molar-refractivity contribution in [2.24, 2.45) is 0 Å². The maximum Gasteiger partial charge on any atom is 0.222 e. The number of hydrogen-bond donors (Lipinski definition) is 1. The zero-order valence-electron chi connectivity index (χ0n) is 9.78. The fourth-order valence-electron chi connectivity index (χ4n) is 1.99. The van der Waals surface area contributed by atoms with E-state index in [0.717, 1.165) is 26.1 Å². The molecule has 0 aromatic rings. The van der Waals surface area contributed by atoms with Crippen molar-refractivity contribution in [1.29, 1.82) is 0 Å². The molecule has 0 spiro atoms. The molecular weight excluding hydrogens is 192 g/mol. The predicted molar refractivity (Wildman–Crippen MR) is 59.6 cm³/mol. The molecule has 0 aliphatic carbocycles. The second-order valence-corrected chi connectivity index (χ2v) is 4.08. The van der Waals surface area contributed by atoms with Crippen molar-refractivity contribution in [2.45, 2.75) is 32.8 Å². The Labute approximate surface area is 91.9 Å². The van der Waals surface area contributed by atoms with E-state index in [1.165, 1.54) is 0 Å². The Kier molecular flexibility index (Phi) is 5.05. The van der Waals surface area contributed by atoms with Gasteiger partial charge in [0.05, 0.1) is 6.10 Å². The average Bonchev–Trinajstić information content (AvgIpc) is 2.61. The highest BCUT2D eigenvalue weighted by atomic mass is 16.3. The standard InChI is InChI=1S/C11H22N2O2/c1-3-12(4-2)8-10(14)9-13-7-5-6-11(13)15/h10,14H,3-9H2,1-2H3. The first kappa shape index (κ1) is 12.5. The van der Waals surface area contributed by atoms with Crippen LogP contribution >= 0.6 is 0 Å².